The van der Waals surface area contributed by atoms with Gasteiger partial charge in [0.2, 0.25) is 0 Å². The normalized spacial score (nSPS) is 10.6. The number of halogens is 2. The highest BCUT2D eigenvalue weighted by molar-refractivity contribution is 9.11. The molecule has 4 N–H and O–H groups in total. The van der Waals surface area contributed by atoms with Crippen molar-refractivity contribution in [1.29, 1.82) is 0 Å². The Hall–Kier alpha value is -2.97. The van der Waals surface area contributed by atoms with Gasteiger partial charge in [-0.25, -0.2) is 4.68 Å². The van der Waals surface area contributed by atoms with E-state index in [-0.39, 0.29) is 0 Å². The van der Waals surface area contributed by atoms with Gasteiger partial charge < -0.3 is 11.5 Å². The number of benzene rings is 3. The van der Waals surface area contributed by atoms with Gasteiger partial charge in [0, 0.05) is 8.95 Å². The van der Waals surface area contributed by atoms with Crippen molar-refractivity contribution < 1.29 is 0 Å². The second kappa shape index (κ2) is 10.7. The molecule has 1 heterocycles. The van der Waals surface area contributed by atoms with Gasteiger partial charge in [0.25, 0.3) is 0 Å². The molecular weight excluding hydrogens is 508 g/mol. The summed E-state index contributed by atoms with van der Waals surface area (Å²) in [6.45, 7) is 0.736. The van der Waals surface area contributed by atoms with Crippen LogP contribution in [0.15, 0.2) is 104 Å². The predicted octanol–water partition coefficient (Wildman–Crippen LogP) is 6.72. The molecule has 0 aliphatic heterocycles. The molecule has 152 valence electrons. The van der Waals surface area contributed by atoms with Crippen molar-refractivity contribution in [3.8, 4) is 0 Å². The Kier molecular flexibility index (Phi) is 7.75. The Labute approximate surface area is 191 Å². The first kappa shape index (κ1) is 21.7. The summed E-state index contributed by atoms with van der Waals surface area (Å²) in [5.41, 5.74) is 14.9. The molecule has 0 amide bonds. The highest BCUT2D eigenvalue weighted by Gasteiger charge is 2.03. The van der Waals surface area contributed by atoms with Gasteiger partial charge in [-0.05, 0) is 67.8 Å². The Morgan fingerprint density at radius 2 is 1.33 bits per heavy atom. The summed E-state index contributed by atoms with van der Waals surface area (Å²) < 4.78 is 3.37. The van der Waals surface area contributed by atoms with E-state index in [4.69, 9.17) is 11.5 Å². The zero-order valence-corrected chi connectivity index (χ0v) is 19.2. The molecule has 0 atom stereocenters. The van der Waals surface area contributed by atoms with Gasteiger partial charge in [-0.1, -0.05) is 48.5 Å². The smallest absolute Gasteiger partial charge is 0.122 e. The molecule has 3 aromatic carbocycles. The first-order chi connectivity index (χ1) is 14.5. The van der Waals surface area contributed by atoms with Crippen molar-refractivity contribution in [3.05, 3.63) is 99.6 Å². The molecule has 0 radical (unpaired) electrons. The zero-order chi connectivity index (χ0) is 21.3. The number of azo groups is 1. The topological polar surface area (TPSA) is 94.6 Å². The lowest BCUT2D eigenvalue weighted by molar-refractivity contribution is 0.697. The minimum absolute atomic E-state index is 0.656. The minimum Gasteiger partial charge on any atom is -0.397 e. The van der Waals surface area contributed by atoms with E-state index in [1.165, 1.54) is 5.56 Å². The summed E-state index contributed by atoms with van der Waals surface area (Å²) in [4.78, 5) is 0. The van der Waals surface area contributed by atoms with Crippen LogP contribution in [0.5, 0.6) is 0 Å². The summed E-state index contributed by atoms with van der Waals surface area (Å²) >= 11 is 6.73. The van der Waals surface area contributed by atoms with Crippen molar-refractivity contribution in [1.82, 2.24) is 9.78 Å². The monoisotopic (exact) mass is 526 g/mol. The minimum atomic E-state index is 0.656. The predicted molar refractivity (Wildman–Crippen MR) is 129 cm³/mol. The number of hydrogen-bond acceptors (Lipinski definition) is 5. The molecule has 0 spiro atoms. The van der Waals surface area contributed by atoms with E-state index < -0.39 is 0 Å². The molecule has 0 fully saturated rings. The van der Waals surface area contributed by atoms with Gasteiger partial charge >= 0.3 is 0 Å². The van der Waals surface area contributed by atoms with Crippen LogP contribution in [-0.2, 0) is 6.54 Å². The molecule has 8 heteroatoms. The zero-order valence-electron chi connectivity index (χ0n) is 16.0. The summed E-state index contributed by atoms with van der Waals surface area (Å²) in [5.74, 6) is 0.698. The van der Waals surface area contributed by atoms with Gasteiger partial charge in [-0.2, -0.15) is 15.3 Å². The molecule has 0 aliphatic carbocycles. The van der Waals surface area contributed by atoms with Crippen molar-refractivity contribution in [2.45, 2.75) is 6.54 Å². The average molecular weight is 528 g/mol. The van der Waals surface area contributed by atoms with Gasteiger partial charge in [-0.3, -0.25) is 0 Å². The molecule has 0 saturated carbocycles. The Morgan fingerprint density at radius 1 is 0.767 bits per heavy atom. The van der Waals surface area contributed by atoms with Crippen LogP contribution in [0.2, 0.25) is 0 Å². The van der Waals surface area contributed by atoms with E-state index in [0.717, 1.165) is 26.9 Å². The average Bonchev–Trinajstić information content (AvgIpc) is 3.17. The maximum absolute atomic E-state index is 5.79. The second-order valence-electron chi connectivity index (χ2n) is 6.26. The molecular formula is C22H20Br2N6. The number of nitrogens with zero attached hydrogens (tertiary/aromatic N) is 4. The second-order valence-corrected chi connectivity index (χ2v) is 7.97. The highest BCUT2D eigenvalue weighted by Crippen LogP contribution is 2.33. The van der Waals surface area contributed by atoms with Crippen LogP contribution in [0.1, 0.15) is 5.56 Å². The fourth-order valence-electron chi connectivity index (χ4n) is 2.47. The fourth-order valence-corrected chi connectivity index (χ4v) is 3.63. The molecule has 0 unspecified atom stereocenters. The Morgan fingerprint density at radius 3 is 1.90 bits per heavy atom. The summed E-state index contributed by atoms with van der Waals surface area (Å²) in [6, 6.07) is 25.1. The van der Waals surface area contributed by atoms with E-state index in [1.54, 1.807) is 16.9 Å². The van der Waals surface area contributed by atoms with Gasteiger partial charge in [0.1, 0.15) is 5.82 Å². The van der Waals surface area contributed by atoms with E-state index in [9.17, 15) is 0 Å². The number of anilines is 2. The standard InChI is InChI=1S/C12H9Br2N3.C10H11N3/c13-10-6-9(7-11(14)12(10)15)17-16-8-4-2-1-3-5-8;11-10-6-7-12-13(10)8-9-4-2-1-3-5-9/h1-7H,15H2;1-7H,8,11H2. The number of rotatable bonds is 4. The summed E-state index contributed by atoms with van der Waals surface area (Å²) in [6.07, 6.45) is 1.71. The number of nitrogen functional groups attached to an aromatic ring is 2. The van der Waals surface area contributed by atoms with Crippen LogP contribution in [0, 0.1) is 0 Å². The van der Waals surface area contributed by atoms with E-state index >= 15 is 0 Å². The van der Waals surface area contributed by atoms with E-state index in [0.29, 0.717) is 11.5 Å². The van der Waals surface area contributed by atoms with Crippen LogP contribution >= 0.6 is 31.9 Å². The molecule has 0 saturated heterocycles. The van der Waals surface area contributed by atoms with Crippen LogP contribution in [0.4, 0.5) is 22.9 Å². The molecule has 0 bridgehead atoms. The third-order valence-electron chi connectivity index (χ3n) is 4.03. The fraction of sp³-hybridized carbons (Fsp3) is 0.0455. The number of hydrogen-bond donors (Lipinski definition) is 2. The SMILES string of the molecule is Nc1c(Br)cc(N=Nc2ccccc2)cc1Br.Nc1ccnn1Cc1ccccc1. The maximum Gasteiger partial charge on any atom is 0.122 e. The highest BCUT2D eigenvalue weighted by atomic mass is 79.9. The summed E-state index contributed by atoms with van der Waals surface area (Å²) in [5, 5.41) is 12.4. The van der Waals surface area contributed by atoms with Gasteiger partial charge in [0.05, 0.1) is 29.8 Å². The summed E-state index contributed by atoms with van der Waals surface area (Å²) in [7, 11) is 0. The molecule has 1 aromatic heterocycles. The first-order valence-electron chi connectivity index (χ1n) is 9.05. The maximum atomic E-state index is 5.79. The van der Waals surface area contributed by atoms with Crippen LogP contribution in [-0.4, -0.2) is 9.78 Å². The molecule has 4 rings (SSSR count). The largest absolute Gasteiger partial charge is 0.397 e. The lowest BCUT2D eigenvalue weighted by Gasteiger charge is -2.03. The molecule has 30 heavy (non-hydrogen) atoms. The number of aromatic nitrogens is 2. The van der Waals surface area contributed by atoms with Crippen molar-refractivity contribution >= 4 is 54.7 Å². The molecule has 4 aromatic rings. The van der Waals surface area contributed by atoms with Crippen LogP contribution < -0.4 is 11.5 Å². The van der Waals surface area contributed by atoms with Crippen molar-refractivity contribution in [2.24, 2.45) is 10.2 Å². The van der Waals surface area contributed by atoms with E-state index in [1.807, 2.05) is 60.7 Å². The third kappa shape index (κ3) is 6.27. The Bertz CT molecular complexity index is 1090. The third-order valence-corrected chi connectivity index (χ3v) is 5.34. The van der Waals surface area contributed by atoms with Crippen molar-refractivity contribution in [3.63, 3.8) is 0 Å². The van der Waals surface area contributed by atoms with Crippen LogP contribution in [0.3, 0.4) is 0 Å². The van der Waals surface area contributed by atoms with Gasteiger partial charge in [0.15, 0.2) is 0 Å². The lowest BCUT2D eigenvalue weighted by atomic mass is 10.2. The first-order valence-corrected chi connectivity index (χ1v) is 10.6. The van der Waals surface area contributed by atoms with Gasteiger partial charge in [-0.15, -0.1) is 0 Å². The molecule has 6 nitrogen and oxygen atoms in total. The van der Waals surface area contributed by atoms with Crippen molar-refractivity contribution in [2.75, 3.05) is 11.5 Å². The van der Waals surface area contributed by atoms with Crippen LogP contribution in [0.25, 0.3) is 0 Å². The number of nitrogens with two attached hydrogens (primary N) is 2. The lowest BCUT2D eigenvalue weighted by Crippen LogP contribution is -2.05. The molecule has 0 aliphatic rings. The quantitative estimate of drug-likeness (QED) is 0.227. The Balaban J connectivity index is 0.000000177. The van der Waals surface area contributed by atoms with E-state index in [2.05, 4.69) is 59.3 Å².